The van der Waals surface area contributed by atoms with Crippen LogP contribution in [-0.2, 0) is 4.79 Å². The Morgan fingerprint density at radius 1 is 1.22 bits per heavy atom. The number of likely N-dealkylation sites (tertiary alicyclic amines) is 1. The van der Waals surface area contributed by atoms with Crippen LogP contribution in [-0.4, -0.2) is 48.2 Å². The van der Waals surface area contributed by atoms with E-state index in [-0.39, 0.29) is 31.2 Å². The molecule has 1 aromatic rings. The fraction of sp³-hybridized carbons (Fsp3) is 0.571. The predicted molar refractivity (Wildman–Crippen MR) is 116 cm³/mol. The van der Waals surface area contributed by atoms with Crippen molar-refractivity contribution in [2.75, 3.05) is 26.2 Å². The number of rotatable bonds is 8. The van der Waals surface area contributed by atoms with Crippen molar-refractivity contribution < 1.29 is 9.90 Å². The Kier molecular flexibility index (Phi) is 10.4. The van der Waals surface area contributed by atoms with Gasteiger partial charge in [0.15, 0.2) is 0 Å². The first-order chi connectivity index (χ1) is 12.1. The monoisotopic (exact) mass is 414 g/mol. The van der Waals surface area contributed by atoms with Gasteiger partial charge >= 0.3 is 5.97 Å². The summed E-state index contributed by atoms with van der Waals surface area (Å²) in [5.74, 6) is 0.735. The highest BCUT2D eigenvalue weighted by Gasteiger charge is 2.38. The number of hydrogen-bond acceptors (Lipinski definition) is 3. The van der Waals surface area contributed by atoms with Crippen molar-refractivity contribution in [1.82, 2.24) is 10.2 Å². The highest BCUT2D eigenvalue weighted by molar-refractivity contribution is 5.85. The van der Waals surface area contributed by atoms with Gasteiger partial charge in [-0.3, -0.25) is 4.79 Å². The molecule has 3 rings (SSSR count). The van der Waals surface area contributed by atoms with Gasteiger partial charge in [0, 0.05) is 12.6 Å². The van der Waals surface area contributed by atoms with Gasteiger partial charge in [-0.05, 0) is 63.2 Å². The number of benzene rings is 1. The van der Waals surface area contributed by atoms with Crippen molar-refractivity contribution in [2.45, 2.75) is 38.6 Å². The molecule has 1 aromatic carbocycles. The van der Waals surface area contributed by atoms with Gasteiger partial charge in [0.1, 0.15) is 0 Å². The second kappa shape index (κ2) is 11.7. The lowest BCUT2D eigenvalue weighted by molar-refractivity contribution is -0.137. The van der Waals surface area contributed by atoms with Gasteiger partial charge in [-0.25, -0.2) is 0 Å². The van der Waals surface area contributed by atoms with E-state index >= 15 is 0 Å². The Labute approximate surface area is 175 Å². The molecule has 2 aliphatic rings. The largest absolute Gasteiger partial charge is 0.481 e. The molecule has 6 heteroatoms. The highest BCUT2D eigenvalue weighted by atomic mass is 35.5. The Hall–Kier alpha value is -1.07. The van der Waals surface area contributed by atoms with Crippen LogP contribution >= 0.6 is 24.8 Å². The van der Waals surface area contributed by atoms with Crippen LogP contribution in [0.3, 0.4) is 0 Å². The van der Waals surface area contributed by atoms with Gasteiger partial charge in [0.2, 0.25) is 0 Å². The van der Waals surface area contributed by atoms with E-state index in [1.54, 1.807) is 0 Å². The lowest BCUT2D eigenvalue weighted by atomic mass is 9.96. The van der Waals surface area contributed by atoms with E-state index in [2.05, 4.69) is 53.5 Å². The maximum absolute atomic E-state index is 10.7. The molecular weight excluding hydrogens is 383 g/mol. The van der Waals surface area contributed by atoms with Crippen LogP contribution in [0.5, 0.6) is 0 Å². The number of halogens is 2. The molecule has 2 atom stereocenters. The van der Waals surface area contributed by atoms with Crippen molar-refractivity contribution in [3.63, 3.8) is 0 Å². The van der Waals surface area contributed by atoms with Crippen LogP contribution in [0.15, 0.2) is 35.9 Å². The molecular formula is C21H32Cl2N2O2. The first-order valence-corrected chi connectivity index (χ1v) is 9.52. The lowest BCUT2D eigenvalue weighted by Crippen LogP contribution is -2.38. The number of piperidine rings is 1. The zero-order valence-corrected chi connectivity index (χ0v) is 17.6. The van der Waals surface area contributed by atoms with Crippen molar-refractivity contribution >= 4 is 36.9 Å². The quantitative estimate of drug-likeness (QED) is 0.671. The van der Waals surface area contributed by atoms with Gasteiger partial charge in [-0.1, -0.05) is 42.0 Å². The fourth-order valence-corrected chi connectivity index (χ4v) is 3.83. The first kappa shape index (κ1) is 24.0. The molecule has 2 N–H and O–H groups in total. The van der Waals surface area contributed by atoms with Gasteiger partial charge in [-0.2, -0.15) is 0 Å². The van der Waals surface area contributed by atoms with Crippen LogP contribution in [0.1, 0.15) is 38.2 Å². The molecule has 0 spiro atoms. The molecule has 0 aromatic heterocycles. The van der Waals surface area contributed by atoms with E-state index in [0.717, 1.165) is 25.6 Å². The van der Waals surface area contributed by atoms with E-state index in [1.807, 2.05) is 0 Å². The zero-order valence-electron chi connectivity index (χ0n) is 16.0. The molecule has 0 bridgehead atoms. The average Bonchev–Trinajstić information content (AvgIpc) is 3.40. The van der Waals surface area contributed by atoms with Crippen LogP contribution in [0.4, 0.5) is 0 Å². The molecule has 0 amide bonds. The number of carboxylic acids is 1. The maximum Gasteiger partial charge on any atom is 0.304 e. The molecule has 1 aliphatic carbocycles. The van der Waals surface area contributed by atoms with Crippen LogP contribution < -0.4 is 5.32 Å². The molecule has 0 unspecified atom stereocenters. The Balaban J connectivity index is 0.00000182. The second-order valence-electron chi connectivity index (χ2n) is 7.58. The van der Waals surface area contributed by atoms with E-state index in [9.17, 15) is 4.79 Å². The molecule has 1 aliphatic heterocycles. The lowest BCUT2D eigenvalue weighted by Gasteiger charge is -2.31. The van der Waals surface area contributed by atoms with E-state index in [4.69, 9.17) is 5.11 Å². The molecule has 4 nitrogen and oxygen atoms in total. The predicted octanol–water partition coefficient (Wildman–Crippen LogP) is 4.10. The molecule has 1 heterocycles. The number of aliphatic carboxylic acids is 1. The van der Waals surface area contributed by atoms with Crippen molar-refractivity contribution in [1.29, 1.82) is 0 Å². The topological polar surface area (TPSA) is 52.6 Å². The minimum Gasteiger partial charge on any atom is -0.481 e. The summed E-state index contributed by atoms with van der Waals surface area (Å²) in [5.41, 5.74) is 2.77. The molecule has 27 heavy (non-hydrogen) atoms. The summed E-state index contributed by atoms with van der Waals surface area (Å²) in [6.07, 6.45) is 6.20. The average molecular weight is 415 g/mol. The van der Waals surface area contributed by atoms with Crippen LogP contribution in [0, 0.1) is 11.8 Å². The highest BCUT2D eigenvalue weighted by Crippen LogP contribution is 2.38. The fourth-order valence-electron chi connectivity index (χ4n) is 3.83. The third-order valence-corrected chi connectivity index (χ3v) is 5.59. The SMILES string of the molecule is CC(=Cc1ccccc1)[C@@H]1C[C@H]1NCC1CCN(CCC(=O)O)CC1.Cl.Cl. The minimum atomic E-state index is -0.692. The third kappa shape index (κ3) is 7.82. The number of hydrogen-bond donors (Lipinski definition) is 2. The zero-order chi connectivity index (χ0) is 17.6. The van der Waals surface area contributed by atoms with Gasteiger partial charge < -0.3 is 15.3 Å². The second-order valence-corrected chi connectivity index (χ2v) is 7.58. The van der Waals surface area contributed by atoms with Crippen molar-refractivity contribution in [2.24, 2.45) is 11.8 Å². The normalized spacial score (nSPS) is 23.2. The Morgan fingerprint density at radius 2 is 1.89 bits per heavy atom. The number of nitrogens with zero attached hydrogens (tertiary/aromatic N) is 1. The number of carbonyl (C=O) groups is 1. The summed E-state index contributed by atoms with van der Waals surface area (Å²) in [7, 11) is 0. The van der Waals surface area contributed by atoms with Gasteiger partial charge in [-0.15, -0.1) is 24.8 Å². The third-order valence-electron chi connectivity index (χ3n) is 5.59. The summed E-state index contributed by atoms with van der Waals surface area (Å²) in [6, 6.07) is 11.2. The maximum atomic E-state index is 10.7. The molecule has 1 saturated carbocycles. The smallest absolute Gasteiger partial charge is 0.304 e. The van der Waals surface area contributed by atoms with E-state index in [0.29, 0.717) is 18.5 Å². The number of carboxylic acid groups (broad SMARTS) is 1. The molecule has 2 fully saturated rings. The number of nitrogens with one attached hydrogen (secondary N) is 1. The summed E-state index contributed by atoms with van der Waals surface area (Å²) in [5, 5.41) is 12.5. The standard InChI is InChI=1S/C21H30N2O2.2ClH/c1-16(13-17-5-3-2-4-6-17)19-14-20(19)22-15-18-7-10-23(11-8-18)12-9-21(24)25;;/h2-6,13,18-20,22H,7-12,14-15H2,1H3,(H,24,25);2*1H/t19-,20+;;/m0../s1. The van der Waals surface area contributed by atoms with Crippen LogP contribution in [0.2, 0.25) is 0 Å². The van der Waals surface area contributed by atoms with E-state index < -0.39 is 5.97 Å². The summed E-state index contributed by atoms with van der Waals surface area (Å²) >= 11 is 0. The first-order valence-electron chi connectivity index (χ1n) is 9.52. The minimum absolute atomic E-state index is 0. The molecule has 1 saturated heterocycles. The Morgan fingerprint density at radius 3 is 2.52 bits per heavy atom. The van der Waals surface area contributed by atoms with E-state index in [1.165, 1.54) is 30.4 Å². The summed E-state index contributed by atoms with van der Waals surface area (Å²) in [6.45, 7) is 6.14. The van der Waals surface area contributed by atoms with Crippen LogP contribution in [0.25, 0.3) is 6.08 Å². The summed E-state index contributed by atoms with van der Waals surface area (Å²) < 4.78 is 0. The van der Waals surface area contributed by atoms with Gasteiger partial charge in [0.05, 0.1) is 6.42 Å². The van der Waals surface area contributed by atoms with Crippen molar-refractivity contribution in [3.8, 4) is 0 Å². The summed E-state index contributed by atoms with van der Waals surface area (Å²) in [4.78, 5) is 12.9. The molecule has 0 radical (unpaired) electrons. The Bertz CT molecular complexity index is 601. The molecule has 152 valence electrons. The van der Waals surface area contributed by atoms with Gasteiger partial charge in [0.25, 0.3) is 0 Å². The van der Waals surface area contributed by atoms with Crippen molar-refractivity contribution in [3.05, 3.63) is 41.5 Å².